The van der Waals surface area contributed by atoms with Crippen molar-refractivity contribution >= 4 is 67.8 Å². The lowest BCUT2D eigenvalue weighted by Crippen LogP contribution is -2.77. The minimum absolute atomic E-state index is 0.730. The summed E-state index contributed by atoms with van der Waals surface area (Å²) >= 11 is 0. The van der Waals surface area contributed by atoms with Crippen LogP contribution in [-0.2, 0) is 0 Å². The number of hydrogen-bond donors (Lipinski definition) is 0. The Bertz CT molecular complexity index is 3060. The highest BCUT2D eigenvalue weighted by Gasteiger charge is 2.50. The standard InChI is InChI=1S/C52H36N4OSi/c1-4-18-38(19-5-1)55-46-29-11-10-27-44(46)50-47(55)31-32-48-51(50)56(39-20-15-22-41(36-39)57-40-21-14-17-37(35-40)45-28-12-13-33-53-45)52-49(30-16-34-54-52)58(48,42-23-6-2-7-24-42)43-25-8-3-9-26-43/h1-36H. The number of pyridine rings is 2. The molecule has 0 saturated heterocycles. The molecule has 7 aromatic carbocycles. The fourth-order valence-electron chi connectivity index (χ4n) is 9.04. The third-order valence-electron chi connectivity index (χ3n) is 11.4. The first-order chi connectivity index (χ1) is 28.8. The van der Waals surface area contributed by atoms with Gasteiger partial charge in [-0.2, -0.15) is 0 Å². The molecule has 1 aliphatic rings. The van der Waals surface area contributed by atoms with Crippen molar-refractivity contribution in [3.8, 4) is 28.4 Å². The fraction of sp³-hybridized carbons (Fsp3) is 0. The molecule has 4 heterocycles. The van der Waals surface area contributed by atoms with Gasteiger partial charge in [-0.1, -0.05) is 133 Å². The van der Waals surface area contributed by atoms with Crippen LogP contribution in [0.25, 0.3) is 38.8 Å². The van der Waals surface area contributed by atoms with Gasteiger partial charge in [-0.05, 0) is 87.5 Å². The Labute approximate surface area is 337 Å². The Balaban J connectivity index is 1.21. The van der Waals surface area contributed by atoms with Gasteiger partial charge in [0.1, 0.15) is 17.3 Å². The number of ether oxygens (including phenoxy) is 1. The van der Waals surface area contributed by atoms with Crippen molar-refractivity contribution in [1.29, 1.82) is 0 Å². The van der Waals surface area contributed by atoms with Gasteiger partial charge in [0, 0.05) is 40.5 Å². The molecule has 0 bridgehead atoms. The molecule has 0 atom stereocenters. The Morgan fingerprint density at radius 1 is 0.448 bits per heavy atom. The number of benzene rings is 7. The largest absolute Gasteiger partial charge is 0.457 e. The second kappa shape index (κ2) is 13.9. The number of nitrogens with zero attached hydrogens (tertiary/aromatic N) is 4. The Morgan fingerprint density at radius 3 is 1.86 bits per heavy atom. The summed E-state index contributed by atoms with van der Waals surface area (Å²) in [5.41, 5.74) is 7.41. The predicted molar refractivity (Wildman–Crippen MR) is 240 cm³/mol. The van der Waals surface area contributed by atoms with Gasteiger partial charge in [-0.15, -0.1) is 0 Å². The Morgan fingerprint density at radius 2 is 1.10 bits per heavy atom. The lowest BCUT2D eigenvalue weighted by atomic mass is 10.1. The van der Waals surface area contributed by atoms with Crippen molar-refractivity contribution < 1.29 is 4.74 Å². The van der Waals surface area contributed by atoms with Crippen molar-refractivity contribution in [3.05, 3.63) is 219 Å². The summed E-state index contributed by atoms with van der Waals surface area (Å²) in [6, 6.07) is 73.4. The fourth-order valence-corrected chi connectivity index (χ4v) is 14.1. The SMILES string of the molecule is c1ccc(-n2c3ccccc3c3c4c(ccc32)[Si](c2ccccc2)(c2ccccc2)c2cccnc2N4c2cccc(Oc3cccc(-c4ccccn4)c3)c2)cc1. The number of rotatable bonds is 7. The van der Waals surface area contributed by atoms with E-state index in [-0.39, 0.29) is 0 Å². The van der Waals surface area contributed by atoms with Gasteiger partial charge < -0.3 is 9.30 Å². The van der Waals surface area contributed by atoms with E-state index in [0.717, 1.165) is 56.7 Å². The molecule has 5 nitrogen and oxygen atoms in total. The van der Waals surface area contributed by atoms with Gasteiger partial charge in [0.05, 0.1) is 28.1 Å². The van der Waals surface area contributed by atoms with Gasteiger partial charge in [-0.3, -0.25) is 9.88 Å². The summed E-state index contributed by atoms with van der Waals surface area (Å²) in [5, 5.41) is 7.54. The van der Waals surface area contributed by atoms with Crippen molar-refractivity contribution in [2.75, 3.05) is 4.90 Å². The number of hydrogen-bond acceptors (Lipinski definition) is 4. The van der Waals surface area contributed by atoms with Gasteiger partial charge in [0.15, 0.2) is 8.07 Å². The first kappa shape index (κ1) is 33.8. The van der Waals surface area contributed by atoms with E-state index in [2.05, 4.69) is 178 Å². The molecule has 0 amide bonds. The predicted octanol–water partition coefficient (Wildman–Crippen LogP) is 10.2. The molecular weight excluding hydrogens is 725 g/mol. The van der Waals surface area contributed by atoms with Crippen molar-refractivity contribution in [3.63, 3.8) is 0 Å². The summed E-state index contributed by atoms with van der Waals surface area (Å²) in [7, 11) is -2.99. The molecule has 0 fully saturated rings. The van der Waals surface area contributed by atoms with E-state index in [1.807, 2.05) is 54.9 Å². The molecule has 0 aliphatic carbocycles. The molecule has 6 heteroatoms. The molecule has 0 saturated carbocycles. The molecule has 0 spiro atoms. The van der Waals surface area contributed by atoms with E-state index >= 15 is 0 Å². The van der Waals surface area contributed by atoms with E-state index in [1.54, 1.807) is 0 Å². The van der Waals surface area contributed by atoms with Crippen LogP contribution in [0.3, 0.4) is 0 Å². The maximum absolute atomic E-state index is 6.68. The molecule has 3 aromatic heterocycles. The molecule has 58 heavy (non-hydrogen) atoms. The summed E-state index contributed by atoms with van der Waals surface area (Å²) in [6.45, 7) is 0. The second-order valence-electron chi connectivity index (χ2n) is 14.6. The molecule has 0 unspecified atom stereocenters. The normalized spacial score (nSPS) is 12.9. The van der Waals surface area contributed by atoms with Crippen LogP contribution in [0, 0.1) is 0 Å². The van der Waals surface area contributed by atoms with Crippen LogP contribution in [-0.4, -0.2) is 22.6 Å². The number of anilines is 3. The Kier molecular flexibility index (Phi) is 8.08. The first-order valence-corrected chi connectivity index (χ1v) is 21.6. The smallest absolute Gasteiger partial charge is 0.186 e. The zero-order chi connectivity index (χ0) is 38.5. The highest BCUT2D eigenvalue weighted by molar-refractivity contribution is 7.21. The van der Waals surface area contributed by atoms with E-state index in [1.165, 1.54) is 31.5 Å². The topological polar surface area (TPSA) is 43.2 Å². The second-order valence-corrected chi connectivity index (χ2v) is 18.3. The minimum Gasteiger partial charge on any atom is -0.457 e. The molecule has 1 aliphatic heterocycles. The van der Waals surface area contributed by atoms with Crippen LogP contribution in [0.1, 0.15) is 0 Å². The first-order valence-electron chi connectivity index (χ1n) is 19.6. The average Bonchev–Trinajstić information content (AvgIpc) is 3.64. The van der Waals surface area contributed by atoms with Crippen molar-refractivity contribution in [2.24, 2.45) is 0 Å². The van der Waals surface area contributed by atoms with Crippen LogP contribution >= 0.6 is 0 Å². The van der Waals surface area contributed by atoms with Crippen molar-refractivity contribution in [2.45, 2.75) is 0 Å². The minimum atomic E-state index is -2.99. The van der Waals surface area contributed by atoms with Crippen LogP contribution in [0.5, 0.6) is 11.5 Å². The lowest BCUT2D eigenvalue weighted by Gasteiger charge is -2.44. The van der Waals surface area contributed by atoms with E-state index < -0.39 is 8.07 Å². The number of para-hydroxylation sites is 2. The van der Waals surface area contributed by atoms with Gasteiger partial charge >= 0.3 is 0 Å². The van der Waals surface area contributed by atoms with E-state index in [4.69, 9.17) is 9.72 Å². The Hall–Kier alpha value is -7.54. The third kappa shape index (κ3) is 5.30. The highest BCUT2D eigenvalue weighted by Crippen LogP contribution is 2.46. The summed E-state index contributed by atoms with van der Waals surface area (Å²) in [5.74, 6) is 2.40. The maximum atomic E-state index is 6.68. The molecule has 11 rings (SSSR count). The highest BCUT2D eigenvalue weighted by atomic mass is 28.3. The zero-order valence-corrected chi connectivity index (χ0v) is 32.5. The monoisotopic (exact) mass is 760 g/mol. The molecule has 0 radical (unpaired) electrons. The number of aromatic nitrogens is 3. The summed E-state index contributed by atoms with van der Waals surface area (Å²) in [6.07, 6.45) is 3.75. The van der Waals surface area contributed by atoms with E-state index in [9.17, 15) is 0 Å². The number of fused-ring (bicyclic) bond motifs is 6. The average molecular weight is 761 g/mol. The van der Waals surface area contributed by atoms with Crippen LogP contribution in [0.4, 0.5) is 17.2 Å². The summed E-state index contributed by atoms with van der Waals surface area (Å²) < 4.78 is 9.08. The molecule has 0 N–H and O–H groups in total. The van der Waals surface area contributed by atoms with Crippen molar-refractivity contribution in [1.82, 2.24) is 14.5 Å². The van der Waals surface area contributed by atoms with Crippen LogP contribution in [0.15, 0.2) is 219 Å². The van der Waals surface area contributed by atoms with Gasteiger partial charge in [-0.25, -0.2) is 4.98 Å². The zero-order valence-electron chi connectivity index (χ0n) is 31.5. The maximum Gasteiger partial charge on any atom is 0.186 e. The van der Waals surface area contributed by atoms with Crippen LogP contribution < -0.4 is 30.4 Å². The molecule has 10 aromatic rings. The summed E-state index contributed by atoms with van der Waals surface area (Å²) in [4.78, 5) is 12.3. The lowest BCUT2D eigenvalue weighted by molar-refractivity contribution is 0.483. The third-order valence-corrected chi connectivity index (χ3v) is 16.2. The molecule has 274 valence electrons. The quantitative estimate of drug-likeness (QED) is 0.152. The van der Waals surface area contributed by atoms with E-state index in [0.29, 0.717) is 0 Å². The molecular formula is C52H36N4OSi. The van der Waals surface area contributed by atoms with Crippen LogP contribution in [0.2, 0.25) is 0 Å². The van der Waals surface area contributed by atoms with Gasteiger partial charge in [0.25, 0.3) is 0 Å². The van der Waals surface area contributed by atoms with Gasteiger partial charge in [0.2, 0.25) is 0 Å².